The van der Waals surface area contributed by atoms with Crippen LogP contribution in [-0.2, 0) is 6.42 Å². The van der Waals surface area contributed by atoms with Crippen LogP contribution in [0.1, 0.15) is 23.6 Å². The minimum atomic E-state index is 0.351. The second-order valence-electron chi connectivity index (χ2n) is 4.22. The first-order chi connectivity index (χ1) is 8.29. The SMILES string of the molecule is C#CCNC1CCc2ccc3nc(N)sc3c21. The summed E-state index contributed by atoms with van der Waals surface area (Å²) in [6.07, 6.45) is 7.51. The van der Waals surface area contributed by atoms with Gasteiger partial charge in [-0.15, -0.1) is 6.42 Å². The highest BCUT2D eigenvalue weighted by Gasteiger charge is 2.25. The molecule has 3 N–H and O–H groups in total. The molecule has 17 heavy (non-hydrogen) atoms. The number of benzene rings is 1. The first-order valence-electron chi connectivity index (χ1n) is 5.64. The molecule has 0 fully saturated rings. The fraction of sp³-hybridized carbons (Fsp3) is 0.308. The molecule has 1 unspecified atom stereocenters. The molecule has 3 rings (SSSR count). The molecule has 1 aliphatic rings. The van der Waals surface area contributed by atoms with E-state index in [0.717, 1.165) is 18.4 Å². The van der Waals surface area contributed by atoms with Gasteiger partial charge >= 0.3 is 0 Å². The van der Waals surface area contributed by atoms with E-state index >= 15 is 0 Å². The number of nitrogens with one attached hydrogen (secondary N) is 1. The van der Waals surface area contributed by atoms with E-state index < -0.39 is 0 Å². The summed E-state index contributed by atoms with van der Waals surface area (Å²) in [7, 11) is 0. The van der Waals surface area contributed by atoms with Crippen LogP contribution in [-0.4, -0.2) is 11.5 Å². The topological polar surface area (TPSA) is 50.9 Å². The summed E-state index contributed by atoms with van der Waals surface area (Å²) >= 11 is 1.57. The minimum Gasteiger partial charge on any atom is -0.375 e. The summed E-state index contributed by atoms with van der Waals surface area (Å²) in [5.41, 5.74) is 9.54. The van der Waals surface area contributed by atoms with Gasteiger partial charge in [0.05, 0.1) is 16.8 Å². The number of terminal acetylenes is 1. The zero-order valence-corrected chi connectivity index (χ0v) is 10.2. The lowest BCUT2D eigenvalue weighted by Gasteiger charge is -2.12. The smallest absolute Gasteiger partial charge is 0.181 e. The molecule has 4 heteroatoms. The molecule has 0 aliphatic heterocycles. The van der Waals surface area contributed by atoms with E-state index in [0.29, 0.717) is 17.7 Å². The molecule has 1 aromatic carbocycles. The van der Waals surface area contributed by atoms with E-state index in [4.69, 9.17) is 12.2 Å². The van der Waals surface area contributed by atoms with Crippen LogP contribution in [0.15, 0.2) is 12.1 Å². The normalized spacial score (nSPS) is 18.2. The predicted octanol–water partition coefficient (Wildman–Crippen LogP) is 2.09. The van der Waals surface area contributed by atoms with Crippen molar-refractivity contribution in [3.63, 3.8) is 0 Å². The molecule has 0 amide bonds. The first-order valence-corrected chi connectivity index (χ1v) is 6.46. The van der Waals surface area contributed by atoms with Crippen LogP contribution in [0.2, 0.25) is 0 Å². The van der Waals surface area contributed by atoms with Crippen molar-refractivity contribution in [3.8, 4) is 12.3 Å². The van der Waals surface area contributed by atoms with Crippen LogP contribution < -0.4 is 11.1 Å². The Labute approximate surface area is 104 Å². The van der Waals surface area contributed by atoms with Gasteiger partial charge in [0.1, 0.15) is 0 Å². The molecule has 0 bridgehead atoms. The molecule has 1 atom stereocenters. The van der Waals surface area contributed by atoms with Crippen LogP contribution in [0, 0.1) is 12.3 Å². The molecule has 0 saturated heterocycles. The monoisotopic (exact) mass is 243 g/mol. The van der Waals surface area contributed by atoms with Gasteiger partial charge in [-0.1, -0.05) is 23.3 Å². The van der Waals surface area contributed by atoms with Gasteiger partial charge in [0.2, 0.25) is 0 Å². The minimum absolute atomic E-state index is 0.351. The highest BCUT2D eigenvalue weighted by molar-refractivity contribution is 7.22. The lowest BCUT2D eigenvalue weighted by atomic mass is 10.1. The van der Waals surface area contributed by atoms with E-state index in [9.17, 15) is 0 Å². The Kier molecular flexibility index (Phi) is 2.50. The summed E-state index contributed by atoms with van der Waals surface area (Å²) in [6.45, 7) is 0.606. The molecule has 1 heterocycles. The highest BCUT2D eigenvalue weighted by atomic mass is 32.1. The van der Waals surface area contributed by atoms with Crippen molar-refractivity contribution in [2.75, 3.05) is 12.3 Å². The fourth-order valence-corrected chi connectivity index (χ4v) is 3.46. The van der Waals surface area contributed by atoms with E-state index in [2.05, 4.69) is 28.4 Å². The van der Waals surface area contributed by atoms with Crippen molar-refractivity contribution < 1.29 is 0 Å². The number of hydrogen-bond acceptors (Lipinski definition) is 4. The van der Waals surface area contributed by atoms with Crippen molar-refractivity contribution in [1.82, 2.24) is 10.3 Å². The van der Waals surface area contributed by atoms with Gasteiger partial charge in [-0.3, -0.25) is 5.32 Å². The second kappa shape index (κ2) is 4.02. The molecule has 1 aromatic heterocycles. The molecule has 0 saturated carbocycles. The molecule has 86 valence electrons. The molecule has 1 aliphatic carbocycles. The van der Waals surface area contributed by atoms with Crippen molar-refractivity contribution in [3.05, 3.63) is 23.3 Å². The van der Waals surface area contributed by atoms with Crippen LogP contribution in [0.3, 0.4) is 0 Å². The zero-order chi connectivity index (χ0) is 11.8. The number of nitrogens with zero attached hydrogens (tertiary/aromatic N) is 1. The average molecular weight is 243 g/mol. The largest absolute Gasteiger partial charge is 0.375 e. The Hall–Kier alpha value is -1.57. The maximum absolute atomic E-state index is 5.78. The number of nitrogen functional groups attached to an aromatic ring is 1. The number of nitrogens with two attached hydrogens (primary N) is 1. The van der Waals surface area contributed by atoms with Crippen LogP contribution in [0.25, 0.3) is 10.2 Å². The standard InChI is InChI=1S/C13H13N3S/c1-2-7-15-9-5-3-8-4-6-10-12(11(8)9)17-13(14)16-10/h1,4,6,9,15H,3,5,7H2,(H2,14,16). The van der Waals surface area contributed by atoms with Gasteiger partial charge < -0.3 is 5.73 Å². The Morgan fingerprint density at radius 3 is 3.29 bits per heavy atom. The predicted molar refractivity (Wildman–Crippen MR) is 71.9 cm³/mol. The van der Waals surface area contributed by atoms with Gasteiger partial charge in [0.25, 0.3) is 0 Å². The Morgan fingerprint density at radius 2 is 2.47 bits per heavy atom. The van der Waals surface area contributed by atoms with Crippen LogP contribution in [0.4, 0.5) is 5.13 Å². The average Bonchev–Trinajstić information content (AvgIpc) is 2.87. The number of hydrogen-bond donors (Lipinski definition) is 2. The van der Waals surface area contributed by atoms with Crippen molar-refractivity contribution in [1.29, 1.82) is 0 Å². The second-order valence-corrected chi connectivity index (χ2v) is 5.25. The summed E-state index contributed by atoms with van der Waals surface area (Å²) in [6, 6.07) is 4.57. The molecule has 2 aromatic rings. The summed E-state index contributed by atoms with van der Waals surface area (Å²) < 4.78 is 1.21. The highest BCUT2D eigenvalue weighted by Crippen LogP contribution is 2.39. The third-order valence-electron chi connectivity index (χ3n) is 3.20. The van der Waals surface area contributed by atoms with Gasteiger partial charge in [0.15, 0.2) is 5.13 Å². The van der Waals surface area contributed by atoms with Gasteiger partial charge in [-0.25, -0.2) is 4.98 Å². The van der Waals surface area contributed by atoms with Crippen molar-refractivity contribution >= 4 is 26.7 Å². The third-order valence-corrected chi connectivity index (χ3v) is 4.14. The van der Waals surface area contributed by atoms with E-state index in [-0.39, 0.29) is 0 Å². The summed E-state index contributed by atoms with van der Waals surface area (Å²) in [5.74, 6) is 2.63. The Balaban J connectivity index is 2.11. The quantitative estimate of drug-likeness (QED) is 0.794. The van der Waals surface area contributed by atoms with Crippen LogP contribution in [0.5, 0.6) is 0 Å². The lowest BCUT2D eigenvalue weighted by molar-refractivity contribution is 0.571. The lowest BCUT2D eigenvalue weighted by Crippen LogP contribution is -2.19. The number of aromatic nitrogens is 1. The van der Waals surface area contributed by atoms with Crippen LogP contribution >= 0.6 is 11.3 Å². The van der Waals surface area contributed by atoms with Gasteiger partial charge in [0, 0.05) is 6.04 Å². The Morgan fingerprint density at radius 1 is 1.59 bits per heavy atom. The number of fused-ring (bicyclic) bond motifs is 3. The van der Waals surface area contributed by atoms with E-state index in [1.54, 1.807) is 11.3 Å². The number of anilines is 1. The molecule has 0 spiro atoms. The fourth-order valence-electron chi connectivity index (χ4n) is 2.50. The summed E-state index contributed by atoms with van der Waals surface area (Å²) in [5, 5.41) is 4.03. The molecular formula is C13H13N3S. The number of thiazole rings is 1. The van der Waals surface area contributed by atoms with E-state index in [1.165, 1.54) is 15.8 Å². The van der Waals surface area contributed by atoms with Gasteiger partial charge in [-0.2, -0.15) is 0 Å². The first kappa shape index (κ1) is 10.6. The molecule has 0 radical (unpaired) electrons. The molecule has 3 nitrogen and oxygen atoms in total. The van der Waals surface area contributed by atoms with Gasteiger partial charge in [-0.05, 0) is 30.0 Å². The number of rotatable bonds is 2. The number of aryl methyl sites for hydroxylation is 1. The Bertz CT molecular complexity index is 609. The molecular weight excluding hydrogens is 230 g/mol. The maximum Gasteiger partial charge on any atom is 0.181 e. The van der Waals surface area contributed by atoms with E-state index in [1.807, 2.05) is 0 Å². The maximum atomic E-state index is 5.78. The summed E-state index contributed by atoms with van der Waals surface area (Å²) in [4.78, 5) is 4.33. The van der Waals surface area contributed by atoms with Crippen molar-refractivity contribution in [2.24, 2.45) is 0 Å². The zero-order valence-electron chi connectivity index (χ0n) is 9.36. The third kappa shape index (κ3) is 1.68. The van der Waals surface area contributed by atoms with Crippen molar-refractivity contribution in [2.45, 2.75) is 18.9 Å².